The van der Waals surface area contributed by atoms with Gasteiger partial charge in [-0.1, -0.05) is 6.07 Å². The maximum atomic E-state index is 5.82. The van der Waals surface area contributed by atoms with Crippen LogP contribution in [0, 0.1) is 0 Å². The number of ether oxygens (including phenoxy) is 4. The highest BCUT2D eigenvalue weighted by molar-refractivity contribution is 7.80. The quantitative estimate of drug-likeness (QED) is 0.704. The van der Waals surface area contributed by atoms with Crippen molar-refractivity contribution in [2.24, 2.45) is 0 Å². The summed E-state index contributed by atoms with van der Waals surface area (Å²) in [5.74, 6) is 2.86. The molecule has 0 spiro atoms. The largest absolute Gasteiger partial charge is 0.493 e. The first kappa shape index (κ1) is 20.6. The lowest BCUT2D eigenvalue weighted by molar-refractivity contribution is 0.321. The van der Waals surface area contributed by atoms with Crippen LogP contribution in [0.15, 0.2) is 30.3 Å². The summed E-state index contributed by atoms with van der Waals surface area (Å²) in [6.07, 6.45) is 3.24. The van der Waals surface area contributed by atoms with Crippen molar-refractivity contribution in [1.29, 1.82) is 0 Å². The SMILES string of the molecule is COc1ccc([C@H]2c3cc(OC)c(OC)cc3CCN2C(=S)NC2CC2)cc1OC. The number of hydrogen-bond acceptors (Lipinski definition) is 5. The van der Waals surface area contributed by atoms with Crippen LogP contribution >= 0.6 is 12.2 Å². The monoisotopic (exact) mass is 428 g/mol. The fraction of sp³-hybridized carbons (Fsp3) is 0.435. The van der Waals surface area contributed by atoms with Crippen molar-refractivity contribution in [3.05, 3.63) is 47.0 Å². The van der Waals surface area contributed by atoms with Gasteiger partial charge in [0.25, 0.3) is 0 Å². The first-order valence-electron chi connectivity index (χ1n) is 10.1. The summed E-state index contributed by atoms with van der Waals surface area (Å²) in [5, 5.41) is 4.29. The van der Waals surface area contributed by atoms with Gasteiger partial charge >= 0.3 is 0 Å². The van der Waals surface area contributed by atoms with E-state index in [2.05, 4.69) is 28.4 Å². The van der Waals surface area contributed by atoms with Crippen molar-refractivity contribution < 1.29 is 18.9 Å². The van der Waals surface area contributed by atoms with E-state index in [1.807, 2.05) is 12.1 Å². The van der Waals surface area contributed by atoms with Gasteiger partial charge in [-0.05, 0) is 72.4 Å². The lowest BCUT2D eigenvalue weighted by Gasteiger charge is -2.40. The molecule has 2 aliphatic rings. The van der Waals surface area contributed by atoms with Crippen LogP contribution in [0.5, 0.6) is 23.0 Å². The first-order chi connectivity index (χ1) is 14.6. The van der Waals surface area contributed by atoms with Crippen molar-refractivity contribution >= 4 is 17.3 Å². The number of thiocarbonyl (C=S) groups is 1. The number of rotatable bonds is 6. The number of benzene rings is 2. The Bertz CT molecular complexity index is 945. The van der Waals surface area contributed by atoms with Crippen LogP contribution in [0.3, 0.4) is 0 Å². The van der Waals surface area contributed by atoms with Gasteiger partial charge in [-0.15, -0.1) is 0 Å². The van der Waals surface area contributed by atoms with Gasteiger partial charge in [0.05, 0.1) is 34.5 Å². The molecule has 160 valence electrons. The number of methoxy groups -OCH3 is 4. The highest BCUT2D eigenvalue weighted by atomic mass is 32.1. The zero-order chi connectivity index (χ0) is 21.3. The minimum atomic E-state index is -0.0629. The molecule has 1 atom stereocenters. The molecular formula is C23H28N2O4S. The smallest absolute Gasteiger partial charge is 0.169 e. The fourth-order valence-corrected chi connectivity index (χ4v) is 4.40. The lowest BCUT2D eigenvalue weighted by Crippen LogP contribution is -2.46. The van der Waals surface area contributed by atoms with E-state index in [9.17, 15) is 0 Å². The van der Waals surface area contributed by atoms with Gasteiger partial charge in [0.2, 0.25) is 0 Å². The van der Waals surface area contributed by atoms with Crippen LogP contribution in [0.2, 0.25) is 0 Å². The van der Waals surface area contributed by atoms with E-state index in [1.54, 1.807) is 28.4 Å². The Morgan fingerprint density at radius 2 is 1.53 bits per heavy atom. The molecule has 2 aromatic rings. The molecule has 1 N–H and O–H groups in total. The molecule has 0 saturated heterocycles. The number of nitrogens with one attached hydrogen (secondary N) is 1. The minimum absolute atomic E-state index is 0.0629. The van der Waals surface area contributed by atoms with Crippen molar-refractivity contribution in [2.75, 3.05) is 35.0 Å². The van der Waals surface area contributed by atoms with E-state index in [0.29, 0.717) is 23.3 Å². The summed E-state index contributed by atoms with van der Waals surface area (Å²) in [5.41, 5.74) is 3.48. The molecule has 1 fully saturated rings. The number of nitrogens with zero attached hydrogens (tertiary/aromatic N) is 1. The van der Waals surface area contributed by atoms with Crippen LogP contribution < -0.4 is 24.3 Å². The van der Waals surface area contributed by atoms with Gasteiger partial charge < -0.3 is 29.2 Å². The second-order valence-corrected chi connectivity index (χ2v) is 7.98. The summed E-state index contributed by atoms with van der Waals surface area (Å²) < 4.78 is 22.1. The van der Waals surface area contributed by atoms with Crippen molar-refractivity contribution in [2.45, 2.75) is 31.3 Å². The summed E-state index contributed by atoms with van der Waals surface area (Å²) in [6.45, 7) is 0.819. The third-order valence-electron chi connectivity index (χ3n) is 5.76. The zero-order valence-electron chi connectivity index (χ0n) is 17.9. The second-order valence-electron chi connectivity index (χ2n) is 7.59. The summed E-state index contributed by atoms with van der Waals surface area (Å²) >= 11 is 5.82. The van der Waals surface area contributed by atoms with Crippen LogP contribution in [-0.4, -0.2) is 51.0 Å². The fourth-order valence-electron chi connectivity index (χ4n) is 4.03. The van der Waals surface area contributed by atoms with E-state index in [4.69, 9.17) is 31.2 Å². The predicted octanol–water partition coefficient (Wildman–Crippen LogP) is 3.71. The molecule has 6 nitrogen and oxygen atoms in total. The lowest BCUT2D eigenvalue weighted by atomic mass is 9.87. The van der Waals surface area contributed by atoms with Crippen molar-refractivity contribution in [3.8, 4) is 23.0 Å². The van der Waals surface area contributed by atoms with E-state index in [0.717, 1.165) is 35.0 Å². The second kappa shape index (κ2) is 8.60. The predicted molar refractivity (Wildman–Crippen MR) is 120 cm³/mol. The molecule has 0 aromatic heterocycles. The molecular weight excluding hydrogens is 400 g/mol. The zero-order valence-corrected chi connectivity index (χ0v) is 18.7. The Labute approximate surface area is 183 Å². The Kier molecular flexibility index (Phi) is 5.90. The van der Waals surface area contributed by atoms with E-state index >= 15 is 0 Å². The van der Waals surface area contributed by atoms with E-state index in [-0.39, 0.29) is 6.04 Å². The van der Waals surface area contributed by atoms with E-state index in [1.165, 1.54) is 18.4 Å². The highest BCUT2D eigenvalue weighted by Crippen LogP contribution is 2.43. The third kappa shape index (κ3) is 3.86. The molecule has 1 saturated carbocycles. The summed E-state index contributed by atoms with van der Waals surface area (Å²) in [4.78, 5) is 2.27. The Morgan fingerprint density at radius 3 is 2.17 bits per heavy atom. The molecule has 0 unspecified atom stereocenters. The maximum Gasteiger partial charge on any atom is 0.169 e. The Hall–Kier alpha value is -2.67. The number of fused-ring (bicyclic) bond motifs is 1. The average molecular weight is 429 g/mol. The normalized spacial score (nSPS) is 17.7. The van der Waals surface area contributed by atoms with Crippen LogP contribution in [-0.2, 0) is 6.42 Å². The molecule has 2 aromatic carbocycles. The van der Waals surface area contributed by atoms with Gasteiger partial charge in [-0.25, -0.2) is 0 Å². The van der Waals surface area contributed by atoms with Crippen LogP contribution in [0.1, 0.15) is 35.6 Å². The van der Waals surface area contributed by atoms with Gasteiger partial charge in [-0.2, -0.15) is 0 Å². The van der Waals surface area contributed by atoms with Gasteiger partial charge in [0.1, 0.15) is 0 Å². The maximum absolute atomic E-state index is 5.82. The van der Waals surface area contributed by atoms with Gasteiger partial charge in [0, 0.05) is 12.6 Å². The minimum Gasteiger partial charge on any atom is -0.493 e. The van der Waals surface area contributed by atoms with Crippen molar-refractivity contribution in [3.63, 3.8) is 0 Å². The first-order valence-corrected chi connectivity index (χ1v) is 10.5. The summed E-state index contributed by atoms with van der Waals surface area (Å²) in [6, 6.07) is 10.6. The Morgan fingerprint density at radius 1 is 0.900 bits per heavy atom. The molecule has 30 heavy (non-hydrogen) atoms. The Balaban J connectivity index is 1.82. The summed E-state index contributed by atoms with van der Waals surface area (Å²) in [7, 11) is 6.63. The molecule has 0 bridgehead atoms. The molecule has 1 aliphatic heterocycles. The molecule has 0 amide bonds. The van der Waals surface area contributed by atoms with Crippen LogP contribution in [0.4, 0.5) is 0 Å². The molecule has 1 heterocycles. The highest BCUT2D eigenvalue weighted by Gasteiger charge is 2.34. The van der Waals surface area contributed by atoms with Crippen LogP contribution in [0.25, 0.3) is 0 Å². The molecule has 4 rings (SSSR count). The standard InChI is InChI=1S/C23H28N2O4S/c1-26-18-8-5-15(12-19(18)27-2)22-17-13-21(29-4)20(28-3)11-14(17)9-10-25(22)23(30)24-16-6-7-16/h5,8,11-13,16,22H,6-7,9-10H2,1-4H3,(H,24,30)/t22-/m0/s1. The van der Waals surface area contributed by atoms with Crippen molar-refractivity contribution in [1.82, 2.24) is 10.2 Å². The molecule has 1 aliphatic carbocycles. The average Bonchev–Trinajstić information content (AvgIpc) is 3.60. The van der Waals surface area contributed by atoms with Gasteiger partial charge in [-0.3, -0.25) is 0 Å². The number of hydrogen-bond donors (Lipinski definition) is 1. The molecule has 7 heteroatoms. The topological polar surface area (TPSA) is 52.2 Å². The van der Waals surface area contributed by atoms with Gasteiger partial charge in [0.15, 0.2) is 28.1 Å². The third-order valence-corrected chi connectivity index (χ3v) is 6.12. The van der Waals surface area contributed by atoms with E-state index < -0.39 is 0 Å². The molecule has 0 radical (unpaired) electrons.